The lowest BCUT2D eigenvalue weighted by molar-refractivity contribution is -0.132. The van der Waals surface area contributed by atoms with Crippen molar-refractivity contribution >= 4 is 5.91 Å². The minimum atomic E-state index is 0.204. The molecule has 1 aliphatic carbocycles. The zero-order valence-corrected chi connectivity index (χ0v) is 15.5. The van der Waals surface area contributed by atoms with Crippen molar-refractivity contribution in [3.8, 4) is 11.5 Å². The summed E-state index contributed by atoms with van der Waals surface area (Å²) in [5.41, 5.74) is 0.970. The van der Waals surface area contributed by atoms with Gasteiger partial charge in [-0.3, -0.25) is 9.69 Å². The van der Waals surface area contributed by atoms with Crippen LogP contribution in [-0.2, 0) is 11.2 Å². The van der Waals surface area contributed by atoms with Crippen LogP contribution in [0.2, 0.25) is 0 Å². The second kappa shape index (κ2) is 8.56. The Labute approximate surface area is 150 Å². The Morgan fingerprint density at radius 1 is 1.00 bits per heavy atom. The molecule has 0 bridgehead atoms. The van der Waals surface area contributed by atoms with Gasteiger partial charge < -0.3 is 14.4 Å². The fourth-order valence-corrected chi connectivity index (χ4v) is 4.06. The summed E-state index contributed by atoms with van der Waals surface area (Å²) >= 11 is 0. The molecule has 1 aromatic rings. The molecule has 1 aliphatic heterocycles. The number of nitrogens with zero attached hydrogens (tertiary/aromatic N) is 2. The molecule has 0 N–H and O–H groups in total. The number of carbonyl (C=O) groups excluding carboxylic acids is 1. The Bertz CT molecular complexity index is 576. The minimum Gasteiger partial charge on any atom is -0.493 e. The van der Waals surface area contributed by atoms with Gasteiger partial charge in [0, 0.05) is 32.2 Å². The minimum absolute atomic E-state index is 0.204. The number of ether oxygens (including phenoxy) is 2. The first kappa shape index (κ1) is 18.1. The molecular weight excluding hydrogens is 316 g/mol. The van der Waals surface area contributed by atoms with E-state index in [0.29, 0.717) is 17.9 Å². The molecule has 1 saturated carbocycles. The summed E-state index contributed by atoms with van der Waals surface area (Å²) in [6.45, 7) is 3.73. The van der Waals surface area contributed by atoms with Crippen molar-refractivity contribution in [2.75, 3.05) is 40.4 Å². The number of methoxy groups -OCH3 is 2. The van der Waals surface area contributed by atoms with E-state index < -0.39 is 0 Å². The van der Waals surface area contributed by atoms with Crippen LogP contribution in [0.4, 0.5) is 0 Å². The van der Waals surface area contributed by atoms with E-state index in [2.05, 4.69) is 4.90 Å². The van der Waals surface area contributed by atoms with Crippen LogP contribution in [0, 0.1) is 0 Å². The maximum Gasteiger partial charge on any atom is 0.227 e. The van der Waals surface area contributed by atoms with Gasteiger partial charge in [-0.25, -0.2) is 0 Å². The lowest BCUT2D eigenvalue weighted by Gasteiger charge is -2.40. The summed E-state index contributed by atoms with van der Waals surface area (Å²) in [5, 5.41) is 0. The predicted octanol–water partition coefficient (Wildman–Crippen LogP) is 2.72. The van der Waals surface area contributed by atoms with Crippen molar-refractivity contribution in [2.45, 2.75) is 44.6 Å². The molecule has 2 fully saturated rings. The Morgan fingerprint density at radius 2 is 1.68 bits per heavy atom. The van der Waals surface area contributed by atoms with Crippen molar-refractivity contribution in [2.24, 2.45) is 0 Å². The van der Waals surface area contributed by atoms with Crippen molar-refractivity contribution in [1.82, 2.24) is 9.80 Å². The maximum absolute atomic E-state index is 12.6. The van der Waals surface area contributed by atoms with Gasteiger partial charge in [0.2, 0.25) is 5.91 Å². The number of carbonyl (C=O) groups is 1. The van der Waals surface area contributed by atoms with Gasteiger partial charge in [0.15, 0.2) is 11.5 Å². The summed E-state index contributed by atoms with van der Waals surface area (Å²) in [5.74, 6) is 1.57. The van der Waals surface area contributed by atoms with E-state index in [1.807, 2.05) is 23.1 Å². The summed E-state index contributed by atoms with van der Waals surface area (Å²) < 4.78 is 10.6. The van der Waals surface area contributed by atoms with Gasteiger partial charge in [-0.2, -0.15) is 0 Å². The molecule has 0 radical (unpaired) electrons. The average Bonchev–Trinajstić information content (AvgIpc) is 2.68. The summed E-state index contributed by atoms with van der Waals surface area (Å²) in [6.07, 6.45) is 7.20. The fourth-order valence-electron chi connectivity index (χ4n) is 4.06. The van der Waals surface area contributed by atoms with Crippen molar-refractivity contribution in [3.05, 3.63) is 23.8 Å². The van der Waals surface area contributed by atoms with Gasteiger partial charge >= 0.3 is 0 Å². The fraction of sp³-hybridized carbons (Fsp3) is 0.650. The third-order valence-corrected chi connectivity index (χ3v) is 5.56. The molecule has 0 unspecified atom stereocenters. The van der Waals surface area contributed by atoms with E-state index in [4.69, 9.17) is 9.47 Å². The number of benzene rings is 1. The van der Waals surface area contributed by atoms with Crippen LogP contribution in [0.25, 0.3) is 0 Å². The first-order valence-corrected chi connectivity index (χ1v) is 9.44. The SMILES string of the molecule is COc1ccc(CC(=O)N2CCN(C3CCCCC3)CC2)cc1OC. The van der Waals surface area contributed by atoms with Gasteiger partial charge in [0.05, 0.1) is 20.6 Å². The van der Waals surface area contributed by atoms with Crippen LogP contribution < -0.4 is 9.47 Å². The van der Waals surface area contributed by atoms with E-state index in [0.717, 1.165) is 37.8 Å². The van der Waals surface area contributed by atoms with Crippen LogP contribution in [0.5, 0.6) is 11.5 Å². The summed E-state index contributed by atoms with van der Waals surface area (Å²) in [6, 6.07) is 6.45. The molecule has 0 aromatic heterocycles. The molecule has 138 valence electrons. The van der Waals surface area contributed by atoms with Crippen LogP contribution >= 0.6 is 0 Å². The van der Waals surface area contributed by atoms with E-state index in [-0.39, 0.29) is 5.91 Å². The second-order valence-electron chi connectivity index (χ2n) is 7.07. The number of amides is 1. The number of rotatable bonds is 5. The van der Waals surface area contributed by atoms with Gasteiger partial charge in [-0.1, -0.05) is 25.3 Å². The van der Waals surface area contributed by atoms with Gasteiger partial charge in [-0.05, 0) is 30.5 Å². The molecule has 1 heterocycles. The van der Waals surface area contributed by atoms with Gasteiger partial charge in [0.25, 0.3) is 0 Å². The monoisotopic (exact) mass is 346 g/mol. The molecule has 2 aliphatic rings. The van der Waals surface area contributed by atoms with E-state index in [1.54, 1.807) is 14.2 Å². The molecule has 0 atom stereocenters. The lowest BCUT2D eigenvalue weighted by Crippen LogP contribution is -2.52. The molecule has 25 heavy (non-hydrogen) atoms. The standard InChI is InChI=1S/C20H30N2O3/c1-24-18-9-8-16(14-19(18)25-2)15-20(23)22-12-10-21(11-13-22)17-6-4-3-5-7-17/h8-9,14,17H,3-7,10-13,15H2,1-2H3. The van der Waals surface area contributed by atoms with E-state index in [9.17, 15) is 4.79 Å². The number of hydrogen-bond acceptors (Lipinski definition) is 4. The van der Waals surface area contributed by atoms with Gasteiger partial charge in [-0.15, -0.1) is 0 Å². The molecule has 1 aromatic carbocycles. The van der Waals surface area contributed by atoms with E-state index >= 15 is 0 Å². The highest BCUT2D eigenvalue weighted by atomic mass is 16.5. The Hall–Kier alpha value is -1.75. The highest BCUT2D eigenvalue weighted by Gasteiger charge is 2.27. The molecule has 0 spiro atoms. The highest BCUT2D eigenvalue weighted by Crippen LogP contribution is 2.28. The highest BCUT2D eigenvalue weighted by molar-refractivity contribution is 5.79. The quantitative estimate of drug-likeness (QED) is 0.822. The zero-order chi connectivity index (χ0) is 17.6. The molecule has 1 amide bonds. The topological polar surface area (TPSA) is 42.0 Å². The Balaban J connectivity index is 1.52. The molecule has 3 rings (SSSR count). The normalized spacial score (nSPS) is 19.7. The lowest BCUT2D eigenvalue weighted by atomic mass is 9.94. The summed E-state index contributed by atoms with van der Waals surface area (Å²) in [4.78, 5) is 17.2. The maximum atomic E-state index is 12.6. The summed E-state index contributed by atoms with van der Waals surface area (Å²) in [7, 11) is 3.24. The van der Waals surface area contributed by atoms with Gasteiger partial charge in [0.1, 0.15) is 0 Å². The molecule has 1 saturated heterocycles. The Kier molecular flexibility index (Phi) is 6.19. The van der Waals surface area contributed by atoms with Crippen molar-refractivity contribution < 1.29 is 14.3 Å². The largest absolute Gasteiger partial charge is 0.493 e. The molecular formula is C20H30N2O3. The van der Waals surface area contributed by atoms with Crippen molar-refractivity contribution in [1.29, 1.82) is 0 Å². The first-order valence-electron chi connectivity index (χ1n) is 9.44. The molecule has 5 heteroatoms. The Morgan fingerprint density at radius 3 is 2.32 bits per heavy atom. The average molecular weight is 346 g/mol. The van der Waals surface area contributed by atoms with Crippen LogP contribution in [0.15, 0.2) is 18.2 Å². The van der Waals surface area contributed by atoms with E-state index in [1.165, 1.54) is 32.1 Å². The second-order valence-corrected chi connectivity index (χ2v) is 7.07. The number of hydrogen-bond donors (Lipinski definition) is 0. The number of piperazine rings is 1. The predicted molar refractivity (Wildman–Crippen MR) is 98.3 cm³/mol. The smallest absolute Gasteiger partial charge is 0.227 e. The van der Waals surface area contributed by atoms with Crippen LogP contribution in [-0.4, -0.2) is 62.1 Å². The zero-order valence-electron chi connectivity index (χ0n) is 15.5. The third-order valence-electron chi connectivity index (χ3n) is 5.56. The third kappa shape index (κ3) is 4.46. The first-order chi connectivity index (χ1) is 12.2. The van der Waals surface area contributed by atoms with Crippen LogP contribution in [0.1, 0.15) is 37.7 Å². The van der Waals surface area contributed by atoms with Crippen LogP contribution in [0.3, 0.4) is 0 Å². The van der Waals surface area contributed by atoms with Crippen molar-refractivity contribution in [3.63, 3.8) is 0 Å². The molecule has 5 nitrogen and oxygen atoms in total.